The first-order chi connectivity index (χ1) is 14.4. The Morgan fingerprint density at radius 3 is 2.45 bits per heavy atom. The first kappa shape index (κ1) is 19.1. The molecule has 5 rings (SSSR count). The van der Waals surface area contributed by atoms with Crippen molar-refractivity contribution in [1.82, 2.24) is 0 Å². The zero-order chi connectivity index (χ0) is 19.5. The molecule has 2 N–H and O–H groups in total. The molecule has 4 atom stereocenters. The van der Waals surface area contributed by atoms with E-state index < -0.39 is 0 Å². The Balaban J connectivity index is 1.33. The van der Waals surface area contributed by atoms with Crippen molar-refractivity contribution < 1.29 is 14.5 Å². The van der Waals surface area contributed by atoms with E-state index in [9.17, 15) is 0 Å². The number of benzene rings is 2. The Bertz CT molecular complexity index is 786. The van der Waals surface area contributed by atoms with Gasteiger partial charge in [-0.3, -0.25) is 0 Å². The molecule has 0 aromatic heterocycles. The van der Waals surface area contributed by atoms with Gasteiger partial charge in [-0.2, -0.15) is 0 Å². The van der Waals surface area contributed by atoms with Crippen molar-refractivity contribution in [2.45, 2.75) is 63.6 Å². The number of hydrogen-bond acceptors (Lipinski definition) is 1. The Morgan fingerprint density at radius 2 is 1.59 bits per heavy atom. The number of quaternary nitrogens is 2. The molecule has 2 unspecified atom stereocenters. The summed E-state index contributed by atoms with van der Waals surface area (Å²) in [5.74, 6) is 2.83. The van der Waals surface area contributed by atoms with Crippen molar-refractivity contribution in [3.05, 3.63) is 60.2 Å². The topological polar surface area (TPSA) is 18.1 Å². The first-order valence-electron chi connectivity index (χ1n) is 11.9. The summed E-state index contributed by atoms with van der Waals surface area (Å²) in [6.07, 6.45) is 10.2. The van der Waals surface area contributed by atoms with Crippen LogP contribution in [0.5, 0.6) is 11.5 Å². The van der Waals surface area contributed by atoms with E-state index in [4.69, 9.17) is 4.74 Å². The van der Waals surface area contributed by atoms with Crippen molar-refractivity contribution >= 4 is 0 Å². The second kappa shape index (κ2) is 8.89. The van der Waals surface area contributed by atoms with E-state index in [1.165, 1.54) is 70.1 Å². The second-order valence-corrected chi connectivity index (χ2v) is 9.48. The van der Waals surface area contributed by atoms with Crippen LogP contribution in [0.15, 0.2) is 54.6 Å². The summed E-state index contributed by atoms with van der Waals surface area (Å²) >= 11 is 0. The van der Waals surface area contributed by atoms with E-state index in [1.54, 1.807) is 0 Å². The SMILES string of the molecule is c1ccc(Oc2cccc(C[NH+]3CC[NH+]4CCC[C@@H]4[C@@H]3C3CCCCC3)c2)cc1. The Hall–Kier alpha value is -1.84. The van der Waals surface area contributed by atoms with Crippen LogP contribution in [0, 0.1) is 5.92 Å². The third-order valence-corrected chi connectivity index (χ3v) is 7.68. The van der Waals surface area contributed by atoms with Gasteiger partial charge >= 0.3 is 0 Å². The second-order valence-electron chi connectivity index (χ2n) is 9.48. The van der Waals surface area contributed by atoms with Gasteiger partial charge in [0.1, 0.15) is 43.2 Å². The Morgan fingerprint density at radius 1 is 0.759 bits per heavy atom. The molecule has 0 spiro atoms. The molecular formula is C26H36N2O+2. The lowest BCUT2D eigenvalue weighted by Crippen LogP contribution is -3.32. The number of piperazine rings is 1. The normalized spacial score (nSPS) is 30.1. The number of para-hydroxylation sites is 1. The molecule has 2 saturated heterocycles. The highest BCUT2D eigenvalue weighted by molar-refractivity contribution is 5.33. The van der Waals surface area contributed by atoms with Gasteiger partial charge in [0.2, 0.25) is 0 Å². The van der Waals surface area contributed by atoms with E-state index in [1.807, 2.05) is 40.1 Å². The highest BCUT2D eigenvalue weighted by atomic mass is 16.5. The maximum absolute atomic E-state index is 6.11. The molecule has 3 nitrogen and oxygen atoms in total. The number of hydrogen-bond donors (Lipinski definition) is 2. The van der Waals surface area contributed by atoms with E-state index in [0.29, 0.717) is 0 Å². The van der Waals surface area contributed by atoms with Crippen LogP contribution < -0.4 is 14.5 Å². The number of rotatable bonds is 5. The molecule has 154 valence electrons. The lowest BCUT2D eigenvalue weighted by atomic mass is 9.78. The van der Waals surface area contributed by atoms with Crippen LogP contribution in [0.3, 0.4) is 0 Å². The first-order valence-corrected chi connectivity index (χ1v) is 11.9. The predicted molar refractivity (Wildman–Crippen MR) is 117 cm³/mol. The van der Waals surface area contributed by atoms with Crippen molar-refractivity contribution in [2.75, 3.05) is 19.6 Å². The van der Waals surface area contributed by atoms with Gasteiger partial charge in [0.25, 0.3) is 0 Å². The van der Waals surface area contributed by atoms with Crippen LogP contribution in [0.2, 0.25) is 0 Å². The molecule has 3 aliphatic rings. The van der Waals surface area contributed by atoms with Gasteiger partial charge in [0, 0.05) is 24.3 Å². The molecule has 3 heteroatoms. The molecule has 1 saturated carbocycles. The lowest BCUT2D eigenvalue weighted by molar-refractivity contribution is -1.05. The number of nitrogens with one attached hydrogen (secondary N) is 2. The summed E-state index contributed by atoms with van der Waals surface area (Å²) in [7, 11) is 0. The van der Waals surface area contributed by atoms with Gasteiger partial charge < -0.3 is 14.5 Å². The van der Waals surface area contributed by atoms with E-state index >= 15 is 0 Å². The molecule has 2 aromatic rings. The van der Waals surface area contributed by atoms with Crippen LogP contribution in [0.1, 0.15) is 50.5 Å². The molecule has 2 heterocycles. The molecule has 2 aliphatic heterocycles. The monoisotopic (exact) mass is 392 g/mol. The fourth-order valence-corrected chi connectivity index (χ4v) is 6.42. The minimum Gasteiger partial charge on any atom is -0.457 e. The smallest absolute Gasteiger partial charge is 0.143 e. The molecule has 0 bridgehead atoms. The van der Waals surface area contributed by atoms with Gasteiger partial charge in [-0.05, 0) is 37.1 Å². The zero-order valence-corrected chi connectivity index (χ0v) is 17.6. The summed E-state index contributed by atoms with van der Waals surface area (Å²) in [5, 5.41) is 0. The van der Waals surface area contributed by atoms with Crippen LogP contribution in [0.25, 0.3) is 0 Å². The van der Waals surface area contributed by atoms with Gasteiger partial charge in [-0.15, -0.1) is 0 Å². The van der Waals surface area contributed by atoms with Crippen molar-refractivity contribution in [3.8, 4) is 11.5 Å². The van der Waals surface area contributed by atoms with Crippen LogP contribution in [0.4, 0.5) is 0 Å². The van der Waals surface area contributed by atoms with Gasteiger partial charge in [0.05, 0.1) is 6.54 Å². The molecule has 1 aliphatic carbocycles. The average molecular weight is 393 g/mol. The summed E-state index contributed by atoms with van der Waals surface area (Å²) in [5.41, 5.74) is 1.43. The van der Waals surface area contributed by atoms with Crippen molar-refractivity contribution in [2.24, 2.45) is 5.92 Å². The summed E-state index contributed by atoms with van der Waals surface area (Å²) in [4.78, 5) is 3.77. The van der Waals surface area contributed by atoms with Crippen LogP contribution >= 0.6 is 0 Å². The third-order valence-electron chi connectivity index (χ3n) is 7.68. The molecule has 0 radical (unpaired) electrons. The highest BCUT2D eigenvalue weighted by Crippen LogP contribution is 2.28. The van der Waals surface area contributed by atoms with Crippen molar-refractivity contribution in [1.29, 1.82) is 0 Å². The predicted octanol–water partition coefficient (Wildman–Crippen LogP) is 2.87. The molecule has 3 fully saturated rings. The average Bonchev–Trinajstić information content (AvgIpc) is 3.24. The van der Waals surface area contributed by atoms with E-state index in [-0.39, 0.29) is 0 Å². The maximum Gasteiger partial charge on any atom is 0.143 e. The zero-order valence-electron chi connectivity index (χ0n) is 17.6. The Kier molecular flexibility index (Phi) is 5.87. The third kappa shape index (κ3) is 4.36. The fraction of sp³-hybridized carbons (Fsp3) is 0.538. The standard InChI is InChI=1S/C26H34N2O/c1-3-10-22(11-4-1)26-25-15-8-16-27(25)17-18-28(26)20-21-9-7-14-24(19-21)29-23-12-5-2-6-13-23/h2,5-7,9,12-14,19,22,25-26H,1,3-4,8,10-11,15-18,20H2/p+2/t25-,26+/m1/s1. The largest absolute Gasteiger partial charge is 0.457 e. The lowest BCUT2D eigenvalue weighted by Gasteiger charge is -2.44. The van der Waals surface area contributed by atoms with Gasteiger partial charge in [0.15, 0.2) is 0 Å². The minimum atomic E-state index is 0.861. The van der Waals surface area contributed by atoms with Crippen molar-refractivity contribution in [3.63, 3.8) is 0 Å². The molecule has 2 aromatic carbocycles. The summed E-state index contributed by atoms with van der Waals surface area (Å²) < 4.78 is 6.11. The van der Waals surface area contributed by atoms with Gasteiger partial charge in [-0.1, -0.05) is 49.6 Å². The summed E-state index contributed by atoms with van der Waals surface area (Å²) in [6, 6.07) is 20.7. The minimum absolute atomic E-state index is 0.861. The fourth-order valence-electron chi connectivity index (χ4n) is 6.42. The quantitative estimate of drug-likeness (QED) is 0.801. The maximum atomic E-state index is 6.11. The van der Waals surface area contributed by atoms with Crippen LogP contribution in [-0.2, 0) is 6.54 Å². The molecular weight excluding hydrogens is 356 g/mol. The van der Waals surface area contributed by atoms with E-state index in [2.05, 4.69) is 24.3 Å². The highest BCUT2D eigenvalue weighted by Gasteiger charge is 2.49. The van der Waals surface area contributed by atoms with E-state index in [0.717, 1.165) is 36.0 Å². The van der Waals surface area contributed by atoms with Gasteiger partial charge in [-0.25, -0.2) is 0 Å². The summed E-state index contributed by atoms with van der Waals surface area (Å²) in [6.45, 7) is 5.26. The Labute approximate surface area is 175 Å². The number of fused-ring (bicyclic) bond motifs is 1. The molecule has 29 heavy (non-hydrogen) atoms. The molecule has 0 amide bonds. The van der Waals surface area contributed by atoms with Crippen LogP contribution in [-0.4, -0.2) is 31.7 Å². The number of ether oxygens (including phenoxy) is 1.